The van der Waals surface area contributed by atoms with Crippen molar-refractivity contribution in [3.63, 3.8) is 0 Å². The van der Waals surface area contributed by atoms with Crippen LogP contribution in [0.4, 0.5) is 0 Å². The number of nitrogens with zero attached hydrogens (tertiary/aromatic N) is 2. The molecule has 1 aromatic rings. The van der Waals surface area contributed by atoms with E-state index in [0.29, 0.717) is 5.41 Å². The molecule has 0 radical (unpaired) electrons. The topological polar surface area (TPSA) is 24.8 Å². The molecule has 5 heteroatoms. The Morgan fingerprint density at radius 2 is 2.35 bits per heavy atom. The standard InChI is InChI=1S/C15H21ClN2OS/c1-3-4-7-18-9-11-8-12(16)20-13(11)17-14(18)19-10-15(2)5-6-15/h8-9,14H,3-7,10H2,1-2H3. The summed E-state index contributed by atoms with van der Waals surface area (Å²) in [4.78, 5) is 6.95. The molecule has 0 N–H and O–H groups in total. The second kappa shape index (κ2) is 5.66. The Labute approximate surface area is 128 Å². The minimum absolute atomic E-state index is 0.179. The van der Waals surface area contributed by atoms with Gasteiger partial charge < -0.3 is 9.64 Å². The number of unbranched alkanes of at least 4 members (excludes halogenated alkanes) is 1. The van der Waals surface area contributed by atoms with Crippen molar-refractivity contribution in [1.82, 2.24) is 4.90 Å². The normalized spacial score (nSPS) is 22.9. The van der Waals surface area contributed by atoms with Crippen LogP contribution in [0.2, 0.25) is 4.34 Å². The van der Waals surface area contributed by atoms with Crippen molar-refractivity contribution >= 4 is 29.1 Å². The first-order chi connectivity index (χ1) is 9.59. The first kappa shape index (κ1) is 14.4. The molecule has 0 spiro atoms. The Bertz CT molecular complexity index is 594. The molecule has 0 amide bonds. The molecule has 1 atom stereocenters. The quantitative estimate of drug-likeness (QED) is 0.807. The van der Waals surface area contributed by atoms with Crippen LogP contribution in [-0.2, 0) is 4.74 Å². The van der Waals surface area contributed by atoms with E-state index in [2.05, 4.69) is 24.9 Å². The van der Waals surface area contributed by atoms with Gasteiger partial charge >= 0.3 is 0 Å². The predicted octanol–water partition coefficient (Wildman–Crippen LogP) is 2.98. The molecule has 3 rings (SSSR count). The Balaban J connectivity index is 1.78. The summed E-state index contributed by atoms with van der Waals surface area (Å²) in [6, 6.07) is 1.99. The van der Waals surface area contributed by atoms with Crippen LogP contribution in [0.15, 0.2) is 11.1 Å². The van der Waals surface area contributed by atoms with E-state index in [0.717, 1.165) is 33.8 Å². The fraction of sp³-hybridized carbons (Fsp3) is 0.667. The molecule has 20 heavy (non-hydrogen) atoms. The maximum absolute atomic E-state index is 6.09. The third kappa shape index (κ3) is 3.18. The molecule has 2 heterocycles. The minimum Gasteiger partial charge on any atom is -0.338 e. The van der Waals surface area contributed by atoms with E-state index in [-0.39, 0.29) is 6.35 Å². The molecule has 1 saturated carbocycles. The number of fused-ring (bicyclic) bond motifs is 1. The van der Waals surface area contributed by atoms with E-state index in [1.807, 2.05) is 6.07 Å². The number of hydrogen-bond donors (Lipinski definition) is 0. The summed E-state index contributed by atoms with van der Waals surface area (Å²) in [5, 5.41) is 1.12. The summed E-state index contributed by atoms with van der Waals surface area (Å²) < 4.78 is 7.86. The van der Waals surface area contributed by atoms with E-state index in [1.54, 1.807) is 0 Å². The van der Waals surface area contributed by atoms with E-state index in [9.17, 15) is 0 Å². The molecule has 1 unspecified atom stereocenters. The van der Waals surface area contributed by atoms with Gasteiger partial charge in [0.2, 0.25) is 6.35 Å². The van der Waals surface area contributed by atoms with E-state index in [1.165, 1.54) is 30.6 Å². The SMILES string of the molecule is CCCCN1C=c2cc(Cl)sc2=NC1OCC1(C)CC1. The molecule has 2 aliphatic rings. The van der Waals surface area contributed by atoms with Gasteiger partial charge in [0, 0.05) is 18.0 Å². The Morgan fingerprint density at radius 1 is 1.55 bits per heavy atom. The molecular formula is C15H21ClN2OS. The summed E-state index contributed by atoms with van der Waals surface area (Å²) in [6.07, 6.45) is 6.84. The van der Waals surface area contributed by atoms with Crippen LogP contribution in [0.1, 0.15) is 39.5 Å². The van der Waals surface area contributed by atoms with Gasteiger partial charge in [-0.1, -0.05) is 31.9 Å². The van der Waals surface area contributed by atoms with Crippen molar-refractivity contribution in [1.29, 1.82) is 0 Å². The Kier molecular flexibility index (Phi) is 4.07. The van der Waals surface area contributed by atoms with Gasteiger partial charge in [-0.05, 0) is 30.7 Å². The highest BCUT2D eigenvalue weighted by Gasteiger charge is 2.38. The number of hydrogen-bond acceptors (Lipinski definition) is 4. The van der Waals surface area contributed by atoms with Crippen LogP contribution in [0.3, 0.4) is 0 Å². The third-order valence-corrected chi connectivity index (χ3v) is 5.17. The zero-order valence-corrected chi connectivity index (χ0v) is 13.6. The second-order valence-corrected chi connectivity index (χ2v) is 7.77. The van der Waals surface area contributed by atoms with Crippen LogP contribution in [-0.4, -0.2) is 24.4 Å². The molecule has 1 fully saturated rings. The van der Waals surface area contributed by atoms with Gasteiger partial charge in [-0.15, -0.1) is 11.3 Å². The van der Waals surface area contributed by atoms with Gasteiger partial charge in [0.05, 0.1) is 10.9 Å². The van der Waals surface area contributed by atoms with Gasteiger partial charge in [0.1, 0.15) is 4.67 Å². The number of rotatable bonds is 6. The molecule has 3 nitrogen and oxygen atoms in total. The first-order valence-electron chi connectivity index (χ1n) is 7.32. The Hall–Kier alpha value is -0.580. The average Bonchev–Trinajstić information content (AvgIpc) is 3.04. The minimum atomic E-state index is -0.179. The highest BCUT2D eigenvalue weighted by Crippen LogP contribution is 2.45. The zero-order valence-electron chi connectivity index (χ0n) is 12.1. The zero-order chi connectivity index (χ0) is 14.2. The molecule has 1 aliphatic heterocycles. The van der Waals surface area contributed by atoms with Crippen LogP contribution < -0.4 is 9.89 Å². The average molecular weight is 313 g/mol. The van der Waals surface area contributed by atoms with Crippen molar-refractivity contribution in [2.24, 2.45) is 10.4 Å². The lowest BCUT2D eigenvalue weighted by atomic mass is 10.2. The fourth-order valence-electron chi connectivity index (χ4n) is 2.26. The number of halogens is 1. The van der Waals surface area contributed by atoms with E-state index < -0.39 is 0 Å². The third-order valence-electron chi connectivity index (χ3n) is 3.98. The highest BCUT2D eigenvalue weighted by atomic mass is 35.5. The van der Waals surface area contributed by atoms with E-state index >= 15 is 0 Å². The molecule has 0 bridgehead atoms. The lowest BCUT2D eigenvalue weighted by Crippen LogP contribution is -2.42. The van der Waals surface area contributed by atoms with Gasteiger partial charge in [-0.25, -0.2) is 4.99 Å². The molecular weight excluding hydrogens is 292 g/mol. The van der Waals surface area contributed by atoms with Crippen molar-refractivity contribution < 1.29 is 4.74 Å². The first-order valence-corrected chi connectivity index (χ1v) is 8.51. The monoisotopic (exact) mass is 312 g/mol. The van der Waals surface area contributed by atoms with Gasteiger partial charge in [-0.3, -0.25) is 0 Å². The smallest absolute Gasteiger partial charge is 0.229 e. The lowest BCUT2D eigenvalue weighted by Gasteiger charge is -2.29. The van der Waals surface area contributed by atoms with Crippen LogP contribution in [0.25, 0.3) is 6.20 Å². The maximum atomic E-state index is 6.09. The van der Waals surface area contributed by atoms with Crippen molar-refractivity contribution in [2.75, 3.05) is 13.2 Å². The second-order valence-electron chi connectivity index (χ2n) is 6.11. The molecule has 1 aliphatic carbocycles. The van der Waals surface area contributed by atoms with Gasteiger partial charge in [-0.2, -0.15) is 0 Å². The van der Waals surface area contributed by atoms with Gasteiger partial charge in [0.25, 0.3) is 0 Å². The maximum Gasteiger partial charge on any atom is 0.229 e. The van der Waals surface area contributed by atoms with Crippen LogP contribution in [0, 0.1) is 5.41 Å². The fourth-order valence-corrected chi connectivity index (χ4v) is 3.34. The number of ether oxygens (including phenoxy) is 1. The Morgan fingerprint density at radius 3 is 3.05 bits per heavy atom. The predicted molar refractivity (Wildman–Crippen MR) is 83.3 cm³/mol. The van der Waals surface area contributed by atoms with Crippen LogP contribution in [0.5, 0.6) is 0 Å². The largest absolute Gasteiger partial charge is 0.338 e. The van der Waals surface area contributed by atoms with Gasteiger partial charge in [0.15, 0.2) is 0 Å². The molecule has 1 aromatic heterocycles. The summed E-state index contributed by atoms with van der Waals surface area (Å²) in [5.74, 6) is 0. The van der Waals surface area contributed by atoms with E-state index in [4.69, 9.17) is 21.3 Å². The molecule has 0 saturated heterocycles. The van der Waals surface area contributed by atoms with Crippen LogP contribution >= 0.6 is 22.9 Å². The highest BCUT2D eigenvalue weighted by molar-refractivity contribution is 7.13. The van der Waals surface area contributed by atoms with Crippen molar-refractivity contribution in [3.05, 3.63) is 20.3 Å². The summed E-state index contributed by atoms with van der Waals surface area (Å²) in [5.41, 5.74) is 0.388. The number of thiophene rings is 1. The lowest BCUT2D eigenvalue weighted by molar-refractivity contribution is -0.0441. The summed E-state index contributed by atoms with van der Waals surface area (Å²) in [7, 11) is 0. The van der Waals surface area contributed by atoms with Crippen molar-refractivity contribution in [2.45, 2.75) is 45.9 Å². The molecule has 110 valence electrons. The van der Waals surface area contributed by atoms with Crippen molar-refractivity contribution in [3.8, 4) is 0 Å². The summed E-state index contributed by atoms with van der Waals surface area (Å²) in [6.45, 7) is 6.26. The molecule has 0 aromatic carbocycles. The summed E-state index contributed by atoms with van der Waals surface area (Å²) >= 11 is 7.62.